The summed E-state index contributed by atoms with van der Waals surface area (Å²) in [5, 5.41) is 2.89. The fourth-order valence-corrected chi connectivity index (χ4v) is 3.35. The van der Waals surface area contributed by atoms with Crippen LogP contribution in [0.3, 0.4) is 0 Å². The molecular weight excluding hydrogens is 386 g/mol. The Hall–Kier alpha value is -3.00. The smallest absolute Gasteiger partial charge is 0.322 e. The monoisotopic (exact) mass is 415 g/mol. The van der Waals surface area contributed by atoms with Gasteiger partial charge in [-0.25, -0.2) is 4.79 Å². The van der Waals surface area contributed by atoms with Gasteiger partial charge in [-0.3, -0.25) is 4.79 Å². The van der Waals surface area contributed by atoms with Crippen LogP contribution in [-0.2, 0) is 16.1 Å². The van der Waals surface area contributed by atoms with E-state index in [1.165, 1.54) is 0 Å². The zero-order valence-corrected chi connectivity index (χ0v) is 17.7. The molecule has 0 aliphatic carbocycles. The number of furan rings is 1. The maximum absolute atomic E-state index is 12.7. The summed E-state index contributed by atoms with van der Waals surface area (Å²) in [6.07, 6.45) is 1.32. The molecule has 1 aromatic heterocycles. The normalized spacial score (nSPS) is 16.4. The Morgan fingerprint density at radius 2 is 2.13 bits per heavy atom. The molecule has 1 saturated heterocycles. The van der Waals surface area contributed by atoms with Crippen LogP contribution in [0.15, 0.2) is 47.1 Å². The molecule has 2 aromatic rings. The molecule has 162 valence electrons. The van der Waals surface area contributed by atoms with Crippen molar-refractivity contribution in [1.29, 1.82) is 0 Å². The number of urea groups is 1. The van der Waals surface area contributed by atoms with E-state index < -0.39 is 0 Å². The number of ether oxygens (including phenoxy) is 2. The molecule has 0 bridgehead atoms. The van der Waals surface area contributed by atoms with Crippen LogP contribution in [0.4, 0.5) is 10.5 Å². The molecule has 1 unspecified atom stereocenters. The molecule has 0 radical (unpaired) electrons. The first-order valence-corrected chi connectivity index (χ1v) is 10.1. The van der Waals surface area contributed by atoms with Gasteiger partial charge in [-0.1, -0.05) is 19.9 Å². The van der Waals surface area contributed by atoms with Crippen LogP contribution in [0.25, 0.3) is 0 Å². The summed E-state index contributed by atoms with van der Waals surface area (Å²) in [6, 6.07) is 10.7. The second-order valence-corrected chi connectivity index (χ2v) is 7.55. The van der Waals surface area contributed by atoms with Crippen molar-refractivity contribution < 1.29 is 23.5 Å². The Labute approximate surface area is 176 Å². The molecule has 0 spiro atoms. The maximum atomic E-state index is 12.7. The van der Waals surface area contributed by atoms with Crippen molar-refractivity contribution >= 4 is 17.6 Å². The van der Waals surface area contributed by atoms with Gasteiger partial charge in [-0.15, -0.1) is 0 Å². The topological polar surface area (TPSA) is 84.2 Å². The molecule has 3 amide bonds. The van der Waals surface area contributed by atoms with Gasteiger partial charge in [0.05, 0.1) is 39.2 Å². The third kappa shape index (κ3) is 5.76. The first kappa shape index (κ1) is 21.7. The molecule has 8 nitrogen and oxygen atoms in total. The summed E-state index contributed by atoms with van der Waals surface area (Å²) in [5.41, 5.74) is 0.664. The first-order valence-electron chi connectivity index (χ1n) is 10.1. The third-order valence-corrected chi connectivity index (χ3v) is 4.90. The summed E-state index contributed by atoms with van der Waals surface area (Å²) in [4.78, 5) is 28.8. The fourth-order valence-electron chi connectivity index (χ4n) is 3.35. The quantitative estimate of drug-likeness (QED) is 0.751. The van der Waals surface area contributed by atoms with Gasteiger partial charge in [0.15, 0.2) is 0 Å². The van der Waals surface area contributed by atoms with E-state index in [-0.39, 0.29) is 24.0 Å². The lowest BCUT2D eigenvalue weighted by Crippen LogP contribution is -2.51. The number of methoxy groups -OCH3 is 1. The van der Waals surface area contributed by atoms with Crippen LogP contribution < -0.4 is 10.1 Å². The van der Waals surface area contributed by atoms with Gasteiger partial charge in [0.1, 0.15) is 11.5 Å². The number of carbonyl (C=O) groups is 2. The van der Waals surface area contributed by atoms with Crippen LogP contribution >= 0.6 is 0 Å². The number of hydrogen-bond acceptors (Lipinski definition) is 5. The van der Waals surface area contributed by atoms with E-state index >= 15 is 0 Å². The van der Waals surface area contributed by atoms with E-state index in [9.17, 15) is 9.59 Å². The van der Waals surface area contributed by atoms with Gasteiger partial charge < -0.3 is 29.0 Å². The molecule has 30 heavy (non-hydrogen) atoms. The van der Waals surface area contributed by atoms with Gasteiger partial charge in [-0.05, 0) is 24.3 Å². The highest BCUT2D eigenvalue weighted by Gasteiger charge is 2.28. The molecule has 8 heteroatoms. The molecule has 1 fully saturated rings. The number of nitrogens with zero attached hydrogens (tertiary/aromatic N) is 2. The number of hydrogen-bond donors (Lipinski definition) is 1. The molecule has 1 N–H and O–H groups in total. The lowest BCUT2D eigenvalue weighted by molar-refractivity contribution is -0.138. The van der Waals surface area contributed by atoms with E-state index in [0.717, 1.165) is 0 Å². The summed E-state index contributed by atoms with van der Waals surface area (Å²) >= 11 is 0. The van der Waals surface area contributed by atoms with Crippen LogP contribution in [0.1, 0.15) is 19.6 Å². The largest absolute Gasteiger partial charge is 0.497 e. The van der Waals surface area contributed by atoms with Gasteiger partial charge >= 0.3 is 6.03 Å². The minimum absolute atomic E-state index is 0.0213. The second kappa shape index (κ2) is 10.2. The fraction of sp³-hybridized carbons (Fsp3) is 0.455. The molecule has 2 heterocycles. The van der Waals surface area contributed by atoms with Gasteiger partial charge in [0.25, 0.3) is 0 Å². The lowest BCUT2D eigenvalue weighted by atomic mass is 10.1. The van der Waals surface area contributed by atoms with E-state index in [4.69, 9.17) is 13.9 Å². The lowest BCUT2D eigenvalue weighted by Gasteiger charge is -2.36. The van der Waals surface area contributed by atoms with E-state index in [1.807, 2.05) is 38.1 Å². The predicted octanol–water partition coefficient (Wildman–Crippen LogP) is 3.21. The third-order valence-electron chi connectivity index (χ3n) is 4.90. The Morgan fingerprint density at radius 3 is 2.83 bits per heavy atom. The average molecular weight is 415 g/mol. The Bertz CT molecular complexity index is 837. The van der Waals surface area contributed by atoms with E-state index in [1.54, 1.807) is 35.3 Å². The minimum atomic E-state index is -0.271. The van der Waals surface area contributed by atoms with Gasteiger partial charge in [-0.2, -0.15) is 0 Å². The SMILES string of the molecule is COc1cccc(NC(=O)N2CCOC(CN(Cc3ccco3)C(=O)C(C)C)C2)c1. The number of carbonyl (C=O) groups excluding carboxylic acids is 2. The van der Waals surface area contributed by atoms with Crippen molar-refractivity contribution in [3.05, 3.63) is 48.4 Å². The number of rotatable bonds is 7. The van der Waals surface area contributed by atoms with Crippen molar-refractivity contribution in [1.82, 2.24) is 9.80 Å². The number of morpholine rings is 1. The van der Waals surface area contributed by atoms with Crippen molar-refractivity contribution in [2.24, 2.45) is 5.92 Å². The predicted molar refractivity (Wildman–Crippen MR) is 112 cm³/mol. The Morgan fingerprint density at radius 1 is 1.30 bits per heavy atom. The standard InChI is InChI=1S/C22H29N3O5/c1-16(2)21(26)25(13-19-8-5-10-29-19)15-20-14-24(9-11-30-20)22(27)23-17-6-4-7-18(12-17)28-3/h4-8,10,12,16,20H,9,11,13-15H2,1-3H3,(H,23,27). The summed E-state index contributed by atoms with van der Waals surface area (Å²) in [7, 11) is 1.58. The number of nitrogens with one attached hydrogen (secondary N) is 1. The molecule has 1 atom stereocenters. The van der Waals surface area contributed by atoms with Crippen molar-refractivity contribution in [2.75, 3.05) is 38.7 Å². The highest BCUT2D eigenvalue weighted by Crippen LogP contribution is 2.18. The number of benzene rings is 1. The minimum Gasteiger partial charge on any atom is -0.497 e. The van der Waals surface area contributed by atoms with Crippen LogP contribution in [0, 0.1) is 5.92 Å². The first-order chi connectivity index (χ1) is 14.5. The summed E-state index contributed by atoms with van der Waals surface area (Å²) in [6.45, 7) is 5.81. The molecule has 1 aromatic carbocycles. The van der Waals surface area contributed by atoms with Crippen molar-refractivity contribution in [2.45, 2.75) is 26.5 Å². The van der Waals surface area contributed by atoms with Gasteiger partial charge in [0.2, 0.25) is 5.91 Å². The summed E-state index contributed by atoms with van der Waals surface area (Å²) in [5.74, 6) is 1.27. The molecular formula is C22H29N3O5. The van der Waals surface area contributed by atoms with Crippen LogP contribution in [0.2, 0.25) is 0 Å². The van der Waals surface area contributed by atoms with Crippen molar-refractivity contribution in [3.63, 3.8) is 0 Å². The maximum Gasteiger partial charge on any atom is 0.322 e. The molecule has 1 aliphatic heterocycles. The van der Waals surface area contributed by atoms with Crippen LogP contribution in [-0.4, -0.2) is 61.2 Å². The Balaban J connectivity index is 1.61. The second-order valence-electron chi connectivity index (χ2n) is 7.55. The van der Waals surface area contributed by atoms with E-state index in [0.29, 0.717) is 50.0 Å². The van der Waals surface area contributed by atoms with Gasteiger partial charge in [0, 0.05) is 30.8 Å². The number of amides is 3. The highest BCUT2D eigenvalue weighted by molar-refractivity contribution is 5.89. The van der Waals surface area contributed by atoms with E-state index in [2.05, 4.69) is 5.32 Å². The zero-order chi connectivity index (χ0) is 21.5. The molecule has 3 rings (SSSR count). The van der Waals surface area contributed by atoms with Crippen molar-refractivity contribution in [3.8, 4) is 5.75 Å². The summed E-state index contributed by atoms with van der Waals surface area (Å²) < 4.78 is 16.5. The molecule has 0 saturated carbocycles. The highest BCUT2D eigenvalue weighted by atomic mass is 16.5. The van der Waals surface area contributed by atoms with Crippen LogP contribution in [0.5, 0.6) is 5.75 Å². The zero-order valence-electron chi connectivity index (χ0n) is 17.7. The average Bonchev–Trinajstić information content (AvgIpc) is 3.26. The Kier molecular flexibility index (Phi) is 7.35. The molecule has 1 aliphatic rings. The number of anilines is 1.